The lowest BCUT2D eigenvalue weighted by Crippen LogP contribution is -2.26. The third kappa shape index (κ3) is 4.54. The number of hydrogen-bond donors (Lipinski definition) is 1. The van der Waals surface area contributed by atoms with Crippen molar-refractivity contribution in [1.82, 2.24) is 5.32 Å². The molecule has 0 unspecified atom stereocenters. The molecule has 0 saturated carbocycles. The highest BCUT2D eigenvalue weighted by Crippen LogP contribution is 2.31. The number of benzene rings is 2. The molecule has 0 spiro atoms. The van der Waals surface area contributed by atoms with Crippen LogP contribution in [0.15, 0.2) is 53.4 Å². The topological polar surface area (TPSA) is 75.7 Å². The van der Waals surface area contributed by atoms with E-state index >= 15 is 0 Å². The van der Waals surface area contributed by atoms with Crippen molar-refractivity contribution in [3.8, 4) is 5.75 Å². The summed E-state index contributed by atoms with van der Waals surface area (Å²) in [6.07, 6.45) is 0. The Bertz CT molecular complexity index is 1120. The van der Waals surface area contributed by atoms with E-state index in [2.05, 4.69) is 5.32 Å². The zero-order valence-corrected chi connectivity index (χ0v) is 18.4. The number of anilines is 1. The van der Waals surface area contributed by atoms with Crippen LogP contribution >= 0.6 is 11.3 Å². The maximum absolute atomic E-state index is 13.0. The summed E-state index contributed by atoms with van der Waals surface area (Å²) >= 11 is 1.39. The van der Waals surface area contributed by atoms with Gasteiger partial charge < -0.3 is 10.1 Å². The maximum atomic E-state index is 13.0. The number of carbonyl (C=O) groups is 1. The minimum Gasteiger partial charge on any atom is -0.497 e. The first-order chi connectivity index (χ1) is 13.7. The van der Waals surface area contributed by atoms with Gasteiger partial charge >= 0.3 is 0 Å². The fourth-order valence-electron chi connectivity index (χ4n) is 2.77. The Hall–Kier alpha value is -2.58. The van der Waals surface area contributed by atoms with E-state index in [1.54, 1.807) is 30.3 Å². The van der Waals surface area contributed by atoms with Gasteiger partial charge in [0, 0.05) is 18.3 Å². The Morgan fingerprint density at radius 2 is 1.83 bits per heavy atom. The maximum Gasteiger partial charge on any atom is 0.264 e. The van der Waals surface area contributed by atoms with Gasteiger partial charge in [0.15, 0.2) is 0 Å². The highest BCUT2D eigenvalue weighted by atomic mass is 32.2. The Labute approximate surface area is 175 Å². The highest BCUT2D eigenvalue weighted by molar-refractivity contribution is 7.92. The molecule has 1 heterocycles. The van der Waals surface area contributed by atoms with E-state index in [4.69, 9.17) is 4.74 Å². The largest absolute Gasteiger partial charge is 0.497 e. The van der Waals surface area contributed by atoms with E-state index in [9.17, 15) is 13.2 Å². The van der Waals surface area contributed by atoms with Gasteiger partial charge in [0.1, 0.15) is 5.75 Å². The molecule has 1 N–H and O–H groups in total. The van der Waals surface area contributed by atoms with E-state index in [-0.39, 0.29) is 10.8 Å². The van der Waals surface area contributed by atoms with Crippen molar-refractivity contribution in [2.45, 2.75) is 18.7 Å². The fraction of sp³-hybridized carbons (Fsp3) is 0.286. The van der Waals surface area contributed by atoms with Crippen LogP contribution in [0.4, 0.5) is 5.69 Å². The van der Waals surface area contributed by atoms with Crippen LogP contribution in [-0.2, 0) is 10.0 Å². The average Bonchev–Trinajstić information content (AvgIpc) is 3.14. The average molecular weight is 433 g/mol. The zero-order chi connectivity index (χ0) is 21.2. The third-order valence-electron chi connectivity index (χ3n) is 4.48. The number of methoxy groups -OCH3 is 1. The number of carbonyl (C=O) groups excluding carboxylic acids is 1. The van der Waals surface area contributed by atoms with Crippen molar-refractivity contribution in [2.24, 2.45) is 5.92 Å². The third-order valence-corrected chi connectivity index (χ3v) is 7.39. The molecule has 0 aliphatic carbocycles. The summed E-state index contributed by atoms with van der Waals surface area (Å²) in [5.41, 5.74) is 0.528. The lowest BCUT2D eigenvalue weighted by molar-refractivity contribution is 0.0953. The molecule has 0 radical (unpaired) electrons. The number of ether oxygens (including phenoxy) is 1. The smallest absolute Gasteiger partial charge is 0.264 e. The first-order valence-corrected chi connectivity index (χ1v) is 11.4. The second kappa shape index (κ2) is 8.42. The normalized spacial score (nSPS) is 11.6. The zero-order valence-electron chi connectivity index (χ0n) is 16.8. The van der Waals surface area contributed by atoms with Crippen molar-refractivity contribution in [1.29, 1.82) is 0 Å². The minimum atomic E-state index is -3.71. The van der Waals surface area contributed by atoms with Crippen molar-refractivity contribution >= 4 is 43.0 Å². The molecule has 3 aromatic rings. The molecule has 6 nitrogen and oxygen atoms in total. The number of sulfonamides is 1. The van der Waals surface area contributed by atoms with Crippen molar-refractivity contribution in [3.63, 3.8) is 0 Å². The summed E-state index contributed by atoms with van der Waals surface area (Å²) in [7, 11) is -0.663. The number of fused-ring (bicyclic) bond motifs is 1. The van der Waals surface area contributed by atoms with Crippen LogP contribution in [0.25, 0.3) is 10.1 Å². The summed E-state index contributed by atoms with van der Waals surface area (Å²) in [6, 6.07) is 13.4. The van der Waals surface area contributed by atoms with Gasteiger partial charge in [-0.2, -0.15) is 0 Å². The lowest BCUT2D eigenvalue weighted by Gasteiger charge is -2.19. The predicted molar refractivity (Wildman–Crippen MR) is 118 cm³/mol. The van der Waals surface area contributed by atoms with E-state index in [1.165, 1.54) is 41.9 Å². The standard InChI is InChI=1S/C21H24N2O4S2/c1-14(2)13-22-21(24)20-12-15-11-16(5-10-19(15)28-20)23(3)29(25,26)18-8-6-17(27-4)7-9-18/h5-12,14H,13H2,1-4H3,(H,22,24). The minimum absolute atomic E-state index is 0.111. The molecule has 0 aliphatic heterocycles. The Balaban J connectivity index is 1.87. The van der Waals surface area contributed by atoms with Crippen LogP contribution in [0.3, 0.4) is 0 Å². The molecule has 3 rings (SSSR count). The molecule has 0 fully saturated rings. The van der Waals surface area contributed by atoms with Crippen LogP contribution in [0, 0.1) is 5.92 Å². The van der Waals surface area contributed by atoms with Crippen molar-refractivity contribution < 1.29 is 17.9 Å². The molecule has 0 atom stereocenters. The van der Waals surface area contributed by atoms with E-state index in [1.807, 2.05) is 19.9 Å². The van der Waals surface area contributed by atoms with Gasteiger partial charge in [-0.1, -0.05) is 13.8 Å². The summed E-state index contributed by atoms with van der Waals surface area (Å²) in [4.78, 5) is 13.1. The molecular formula is C21H24N2O4S2. The molecule has 0 saturated heterocycles. The van der Waals surface area contributed by atoms with Gasteiger partial charge in [-0.15, -0.1) is 11.3 Å². The van der Waals surface area contributed by atoms with Gasteiger partial charge in [0.2, 0.25) is 0 Å². The van der Waals surface area contributed by atoms with Gasteiger partial charge in [0.25, 0.3) is 15.9 Å². The van der Waals surface area contributed by atoms with Gasteiger partial charge in [-0.05, 0) is 59.8 Å². The number of hydrogen-bond acceptors (Lipinski definition) is 5. The number of nitrogens with zero attached hydrogens (tertiary/aromatic N) is 1. The summed E-state index contributed by atoms with van der Waals surface area (Å²) in [5.74, 6) is 0.854. The van der Waals surface area contributed by atoms with Crippen LogP contribution in [0.5, 0.6) is 5.75 Å². The number of thiophene rings is 1. The molecule has 1 amide bonds. The van der Waals surface area contributed by atoms with E-state index in [0.29, 0.717) is 28.8 Å². The van der Waals surface area contributed by atoms with Gasteiger partial charge in [0.05, 0.1) is 22.6 Å². The highest BCUT2D eigenvalue weighted by Gasteiger charge is 2.22. The van der Waals surface area contributed by atoms with Crippen LogP contribution in [-0.4, -0.2) is 35.0 Å². The van der Waals surface area contributed by atoms with E-state index < -0.39 is 10.0 Å². The van der Waals surface area contributed by atoms with Crippen molar-refractivity contribution in [3.05, 3.63) is 53.4 Å². The number of amides is 1. The molecule has 0 aliphatic rings. The molecule has 154 valence electrons. The summed E-state index contributed by atoms with van der Waals surface area (Å²) in [6.45, 7) is 4.69. The Morgan fingerprint density at radius 3 is 2.45 bits per heavy atom. The Morgan fingerprint density at radius 1 is 1.14 bits per heavy atom. The molecule has 8 heteroatoms. The number of nitrogens with one attached hydrogen (secondary N) is 1. The quantitative estimate of drug-likeness (QED) is 0.609. The molecule has 1 aromatic heterocycles. The second-order valence-corrected chi connectivity index (χ2v) is 10.1. The summed E-state index contributed by atoms with van der Waals surface area (Å²) in [5, 5.41) is 3.74. The van der Waals surface area contributed by atoms with E-state index in [0.717, 1.165) is 10.1 Å². The molecule has 0 bridgehead atoms. The SMILES string of the molecule is COc1ccc(S(=O)(=O)N(C)c2ccc3sc(C(=O)NCC(C)C)cc3c2)cc1. The monoisotopic (exact) mass is 432 g/mol. The molecule has 2 aromatic carbocycles. The van der Waals surface area contributed by atoms with Crippen LogP contribution < -0.4 is 14.4 Å². The van der Waals surface area contributed by atoms with Gasteiger partial charge in [-0.25, -0.2) is 8.42 Å². The second-order valence-electron chi connectivity index (χ2n) is 7.08. The Kier molecular flexibility index (Phi) is 6.14. The predicted octanol–water partition coefficient (Wildman–Crippen LogP) is 4.12. The van der Waals surface area contributed by atoms with Gasteiger partial charge in [-0.3, -0.25) is 9.10 Å². The molecular weight excluding hydrogens is 408 g/mol. The van der Waals surface area contributed by atoms with Crippen LogP contribution in [0.2, 0.25) is 0 Å². The fourth-order valence-corrected chi connectivity index (χ4v) is 4.91. The molecule has 29 heavy (non-hydrogen) atoms. The van der Waals surface area contributed by atoms with Crippen LogP contribution in [0.1, 0.15) is 23.5 Å². The first-order valence-electron chi connectivity index (χ1n) is 9.17. The lowest BCUT2D eigenvalue weighted by atomic mass is 10.2. The first kappa shape index (κ1) is 21.1. The van der Waals surface area contributed by atoms with Crippen molar-refractivity contribution in [2.75, 3.05) is 25.0 Å². The number of rotatable bonds is 7. The summed E-state index contributed by atoms with van der Waals surface area (Å²) < 4.78 is 33.2.